The number of benzene rings is 1. The van der Waals surface area contributed by atoms with Crippen LogP contribution in [0.3, 0.4) is 0 Å². The highest BCUT2D eigenvalue weighted by atomic mass is 79.9. The fourth-order valence-corrected chi connectivity index (χ4v) is 2.55. The molecule has 1 N–H and O–H groups in total. The normalized spacial score (nSPS) is 12.9. The molecule has 0 saturated heterocycles. The molecule has 1 atom stereocenters. The molecule has 0 spiro atoms. The van der Waals surface area contributed by atoms with Crippen LogP contribution in [0.15, 0.2) is 16.6 Å². The first-order valence-electron chi connectivity index (χ1n) is 6.93. The van der Waals surface area contributed by atoms with E-state index < -0.39 is 5.92 Å². The van der Waals surface area contributed by atoms with Crippen molar-refractivity contribution >= 4 is 32.9 Å². The van der Waals surface area contributed by atoms with Gasteiger partial charge in [-0.2, -0.15) is 0 Å². The van der Waals surface area contributed by atoms with E-state index >= 15 is 0 Å². The molecule has 1 aromatic heterocycles. The van der Waals surface area contributed by atoms with Gasteiger partial charge in [-0.15, -0.1) is 0 Å². The van der Waals surface area contributed by atoms with E-state index in [0.717, 1.165) is 0 Å². The molecule has 2 rings (SSSR count). The van der Waals surface area contributed by atoms with Crippen LogP contribution in [-0.4, -0.2) is 22.5 Å². The molecular formula is C15H18BrFN2O2. The van der Waals surface area contributed by atoms with E-state index in [4.69, 9.17) is 4.74 Å². The van der Waals surface area contributed by atoms with E-state index in [-0.39, 0.29) is 11.8 Å². The number of nitrogens with zero attached hydrogens (tertiary/aromatic N) is 1. The van der Waals surface area contributed by atoms with Crippen LogP contribution in [0.1, 0.15) is 38.9 Å². The van der Waals surface area contributed by atoms with Gasteiger partial charge in [-0.1, -0.05) is 13.8 Å². The number of rotatable bonds is 5. The minimum atomic E-state index is -0.459. The number of ether oxygens (including phenoxy) is 1. The van der Waals surface area contributed by atoms with Crippen molar-refractivity contribution in [3.8, 4) is 0 Å². The number of carbonyl (C=O) groups excluding carboxylic acids is 1. The highest BCUT2D eigenvalue weighted by molar-refractivity contribution is 9.10. The molecule has 6 heteroatoms. The summed E-state index contributed by atoms with van der Waals surface area (Å²) in [6.45, 7) is 6.17. The molecule has 0 radical (unpaired) electrons. The smallest absolute Gasteiger partial charge is 0.316 e. The molecule has 0 aliphatic rings. The Kier molecular flexibility index (Phi) is 4.98. The molecule has 1 heterocycles. The number of imidazole rings is 1. The van der Waals surface area contributed by atoms with Crippen molar-refractivity contribution in [3.05, 3.63) is 28.2 Å². The van der Waals surface area contributed by atoms with Gasteiger partial charge in [0.2, 0.25) is 0 Å². The van der Waals surface area contributed by atoms with E-state index in [1.807, 2.05) is 13.8 Å². The van der Waals surface area contributed by atoms with Crippen LogP contribution in [0.4, 0.5) is 4.39 Å². The fraction of sp³-hybridized carbons (Fsp3) is 0.467. The van der Waals surface area contributed by atoms with E-state index in [0.29, 0.717) is 40.3 Å². The van der Waals surface area contributed by atoms with E-state index in [2.05, 4.69) is 25.9 Å². The number of fused-ring (bicyclic) bond motifs is 1. The van der Waals surface area contributed by atoms with Crippen LogP contribution in [-0.2, 0) is 9.53 Å². The standard InChI is InChI=1S/C15H18BrFN2O2/c1-4-21-15(20)9(5-8(2)3)14-18-12-6-10(16)11(17)7-13(12)19-14/h6-9H,4-5H2,1-3H3,(H,18,19). The van der Waals surface area contributed by atoms with Crippen molar-refractivity contribution in [2.75, 3.05) is 6.61 Å². The molecule has 2 aromatic rings. The number of halogens is 2. The van der Waals surface area contributed by atoms with Gasteiger partial charge in [0.25, 0.3) is 0 Å². The zero-order valence-electron chi connectivity index (χ0n) is 12.2. The van der Waals surface area contributed by atoms with E-state index in [9.17, 15) is 9.18 Å². The van der Waals surface area contributed by atoms with Crippen LogP contribution in [0.2, 0.25) is 0 Å². The summed E-state index contributed by atoms with van der Waals surface area (Å²) in [6, 6.07) is 2.97. The van der Waals surface area contributed by atoms with Crippen LogP contribution in [0.5, 0.6) is 0 Å². The summed E-state index contributed by atoms with van der Waals surface area (Å²) in [5.41, 5.74) is 1.19. The van der Waals surface area contributed by atoms with Gasteiger partial charge in [-0.3, -0.25) is 4.79 Å². The lowest BCUT2D eigenvalue weighted by Gasteiger charge is -2.15. The third-order valence-corrected chi connectivity index (χ3v) is 3.76. The van der Waals surface area contributed by atoms with Crippen molar-refractivity contribution in [2.24, 2.45) is 5.92 Å². The van der Waals surface area contributed by atoms with Gasteiger partial charge in [0.1, 0.15) is 17.6 Å². The van der Waals surface area contributed by atoms with Crippen molar-refractivity contribution < 1.29 is 13.9 Å². The molecule has 0 aliphatic heterocycles. The van der Waals surface area contributed by atoms with Gasteiger partial charge < -0.3 is 9.72 Å². The molecule has 0 bridgehead atoms. The highest BCUT2D eigenvalue weighted by Crippen LogP contribution is 2.27. The topological polar surface area (TPSA) is 55.0 Å². The summed E-state index contributed by atoms with van der Waals surface area (Å²) < 4.78 is 19.0. The van der Waals surface area contributed by atoms with E-state index in [1.54, 1.807) is 13.0 Å². The van der Waals surface area contributed by atoms with Gasteiger partial charge >= 0.3 is 5.97 Å². The van der Waals surface area contributed by atoms with E-state index in [1.165, 1.54) is 6.07 Å². The predicted molar refractivity (Wildman–Crippen MR) is 82.6 cm³/mol. The molecule has 1 aromatic carbocycles. The maximum atomic E-state index is 13.6. The number of carbonyl (C=O) groups is 1. The zero-order chi connectivity index (χ0) is 15.6. The molecule has 0 amide bonds. The molecule has 114 valence electrons. The largest absolute Gasteiger partial charge is 0.465 e. The SMILES string of the molecule is CCOC(=O)C(CC(C)C)c1nc2cc(Br)c(F)cc2[nH]1. The van der Waals surface area contributed by atoms with Gasteiger partial charge in [-0.25, -0.2) is 9.37 Å². The molecule has 0 aliphatic carbocycles. The maximum Gasteiger partial charge on any atom is 0.316 e. The fourth-order valence-electron chi connectivity index (χ4n) is 2.22. The quantitative estimate of drug-likeness (QED) is 0.818. The average molecular weight is 357 g/mol. The Morgan fingerprint density at radius 1 is 1.48 bits per heavy atom. The summed E-state index contributed by atoms with van der Waals surface area (Å²) in [5.74, 6) is -0.288. The molecule has 0 fully saturated rings. The number of esters is 1. The van der Waals surface area contributed by atoms with Crippen molar-refractivity contribution in [1.29, 1.82) is 0 Å². The summed E-state index contributed by atoms with van der Waals surface area (Å²) >= 11 is 3.14. The number of hydrogen-bond donors (Lipinski definition) is 1. The molecule has 21 heavy (non-hydrogen) atoms. The van der Waals surface area contributed by atoms with Gasteiger partial charge in [0, 0.05) is 6.07 Å². The molecule has 4 nitrogen and oxygen atoms in total. The van der Waals surface area contributed by atoms with Gasteiger partial charge in [0.05, 0.1) is 22.1 Å². The van der Waals surface area contributed by atoms with Crippen molar-refractivity contribution in [3.63, 3.8) is 0 Å². The minimum Gasteiger partial charge on any atom is -0.465 e. The lowest BCUT2D eigenvalue weighted by atomic mass is 9.96. The summed E-state index contributed by atoms with van der Waals surface area (Å²) in [6.07, 6.45) is 0.627. The first-order valence-corrected chi connectivity index (χ1v) is 7.73. The Morgan fingerprint density at radius 3 is 2.81 bits per heavy atom. The number of hydrogen-bond acceptors (Lipinski definition) is 3. The Hall–Kier alpha value is -1.43. The maximum absolute atomic E-state index is 13.6. The Bertz CT molecular complexity index is 615. The minimum absolute atomic E-state index is 0.301. The molecule has 1 unspecified atom stereocenters. The third kappa shape index (κ3) is 3.61. The second kappa shape index (κ2) is 6.56. The Labute approximate surface area is 131 Å². The summed E-state index contributed by atoms with van der Waals surface area (Å²) in [7, 11) is 0. The lowest BCUT2D eigenvalue weighted by Crippen LogP contribution is -2.19. The van der Waals surface area contributed by atoms with Crippen LogP contribution in [0, 0.1) is 11.7 Å². The predicted octanol–water partition coefficient (Wildman–Crippen LogP) is 4.16. The van der Waals surface area contributed by atoms with Crippen LogP contribution >= 0.6 is 15.9 Å². The monoisotopic (exact) mass is 356 g/mol. The summed E-state index contributed by atoms with van der Waals surface area (Å²) in [4.78, 5) is 19.6. The van der Waals surface area contributed by atoms with Gasteiger partial charge in [0.15, 0.2) is 0 Å². The molecule has 0 saturated carbocycles. The number of aromatic amines is 1. The first-order chi connectivity index (χ1) is 9.92. The van der Waals surface area contributed by atoms with Gasteiger partial charge in [-0.05, 0) is 41.3 Å². The first kappa shape index (κ1) is 15.9. The Morgan fingerprint density at radius 2 is 2.19 bits per heavy atom. The summed E-state index contributed by atoms with van der Waals surface area (Å²) in [5, 5.41) is 0. The van der Waals surface area contributed by atoms with Crippen LogP contribution in [0.25, 0.3) is 11.0 Å². The highest BCUT2D eigenvalue weighted by Gasteiger charge is 2.26. The number of nitrogens with one attached hydrogen (secondary N) is 1. The second-order valence-corrected chi connectivity index (χ2v) is 6.19. The van der Waals surface area contributed by atoms with Crippen molar-refractivity contribution in [2.45, 2.75) is 33.1 Å². The van der Waals surface area contributed by atoms with Crippen molar-refractivity contribution in [1.82, 2.24) is 9.97 Å². The average Bonchev–Trinajstić information content (AvgIpc) is 2.79. The van der Waals surface area contributed by atoms with Crippen LogP contribution < -0.4 is 0 Å². The lowest BCUT2D eigenvalue weighted by molar-refractivity contribution is -0.145. The zero-order valence-corrected chi connectivity index (χ0v) is 13.8. The molecular weight excluding hydrogens is 339 g/mol. The second-order valence-electron chi connectivity index (χ2n) is 5.34. The third-order valence-electron chi connectivity index (χ3n) is 3.15. The number of H-pyrrole nitrogens is 1. The number of aromatic nitrogens is 2. The Balaban J connectivity index is 2.41.